The van der Waals surface area contributed by atoms with E-state index in [1.54, 1.807) is 25.6 Å². The van der Waals surface area contributed by atoms with Crippen LogP contribution >= 0.6 is 11.3 Å². The van der Waals surface area contributed by atoms with Gasteiger partial charge in [-0.2, -0.15) is 18.2 Å². The molecule has 2 aromatic carbocycles. The van der Waals surface area contributed by atoms with Gasteiger partial charge in [0.1, 0.15) is 17.0 Å². The van der Waals surface area contributed by atoms with Crippen LogP contribution in [0.1, 0.15) is 29.2 Å². The second-order valence-electron chi connectivity index (χ2n) is 8.87. The van der Waals surface area contributed by atoms with E-state index in [1.165, 1.54) is 11.9 Å². The number of aryl methyl sites for hydroxylation is 1. The molecule has 0 saturated heterocycles. The van der Waals surface area contributed by atoms with Crippen LogP contribution < -0.4 is 14.8 Å². The number of hydrogen-bond acceptors (Lipinski definition) is 7. The SMILES string of the molecule is COc1cc(NC(C)c2ccc(-c3ccccc3CN(C)CC(F)(F)F)s2)cc2nc(C)nc(OC)c12. The van der Waals surface area contributed by atoms with Crippen molar-refractivity contribution in [2.24, 2.45) is 0 Å². The minimum atomic E-state index is -4.23. The summed E-state index contributed by atoms with van der Waals surface area (Å²) in [6.07, 6.45) is -4.23. The second-order valence-corrected chi connectivity index (χ2v) is 9.98. The lowest BCUT2D eigenvalue weighted by atomic mass is 10.1. The van der Waals surface area contributed by atoms with Gasteiger partial charge in [-0.3, -0.25) is 4.90 Å². The number of nitrogens with one attached hydrogen (secondary N) is 1. The summed E-state index contributed by atoms with van der Waals surface area (Å²) >= 11 is 1.61. The molecule has 1 N–H and O–H groups in total. The van der Waals surface area contributed by atoms with Crippen molar-refractivity contribution >= 4 is 27.9 Å². The maximum absolute atomic E-state index is 12.8. The average molecular weight is 531 g/mol. The molecule has 0 aliphatic rings. The molecule has 0 aliphatic heterocycles. The quantitative estimate of drug-likeness (QED) is 0.255. The Labute approximate surface area is 218 Å². The minimum Gasteiger partial charge on any atom is -0.496 e. The Morgan fingerprint density at radius 2 is 1.81 bits per heavy atom. The third kappa shape index (κ3) is 6.31. The monoisotopic (exact) mass is 530 g/mol. The van der Waals surface area contributed by atoms with Crippen LogP contribution in [0.2, 0.25) is 0 Å². The fourth-order valence-electron chi connectivity index (χ4n) is 4.30. The van der Waals surface area contributed by atoms with Gasteiger partial charge < -0.3 is 14.8 Å². The molecule has 1 unspecified atom stereocenters. The first-order valence-corrected chi connectivity index (χ1v) is 12.5. The highest BCUT2D eigenvalue weighted by Gasteiger charge is 2.29. The first kappa shape index (κ1) is 26.7. The smallest absolute Gasteiger partial charge is 0.401 e. The van der Waals surface area contributed by atoms with Gasteiger partial charge in [0.15, 0.2) is 0 Å². The molecule has 4 rings (SSSR count). The molecule has 1 atom stereocenters. The molecule has 0 aliphatic carbocycles. The standard InChI is InChI=1S/C27H29F3N4O2S/c1-16(31-19-12-21-25(22(13-19)35-4)26(36-5)33-17(2)32-21)23-10-11-24(37-23)20-9-7-6-8-18(20)14-34(3)15-27(28,29)30/h6-13,16,31H,14-15H2,1-5H3. The number of anilines is 1. The van der Waals surface area contributed by atoms with Crippen molar-refractivity contribution in [2.45, 2.75) is 32.6 Å². The summed E-state index contributed by atoms with van der Waals surface area (Å²) in [7, 11) is 4.64. The van der Waals surface area contributed by atoms with Crippen molar-refractivity contribution in [3.8, 4) is 22.1 Å². The maximum Gasteiger partial charge on any atom is 0.401 e. The Kier molecular flexibility index (Phi) is 7.89. The predicted octanol–water partition coefficient (Wildman–Crippen LogP) is 6.85. The highest BCUT2D eigenvalue weighted by atomic mass is 32.1. The molecule has 196 valence electrons. The molecule has 10 heteroatoms. The number of benzene rings is 2. The van der Waals surface area contributed by atoms with Crippen LogP contribution in [0.15, 0.2) is 48.5 Å². The van der Waals surface area contributed by atoms with Crippen molar-refractivity contribution in [1.82, 2.24) is 14.9 Å². The van der Waals surface area contributed by atoms with E-state index in [0.717, 1.165) is 26.6 Å². The molecular weight excluding hydrogens is 501 g/mol. The summed E-state index contributed by atoms with van der Waals surface area (Å²) in [5.74, 6) is 1.66. The van der Waals surface area contributed by atoms with Crippen molar-refractivity contribution in [1.29, 1.82) is 0 Å². The summed E-state index contributed by atoms with van der Waals surface area (Å²) in [4.78, 5) is 12.3. The van der Waals surface area contributed by atoms with E-state index < -0.39 is 12.7 Å². The van der Waals surface area contributed by atoms with E-state index in [2.05, 4.69) is 22.2 Å². The second kappa shape index (κ2) is 10.9. The first-order chi connectivity index (χ1) is 17.6. The normalized spacial score (nSPS) is 12.7. The number of alkyl halides is 3. The van der Waals surface area contributed by atoms with Crippen molar-refractivity contribution in [2.75, 3.05) is 33.1 Å². The maximum atomic E-state index is 12.8. The molecule has 0 fully saturated rings. The van der Waals surface area contributed by atoms with Crippen LogP contribution in [-0.2, 0) is 6.54 Å². The van der Waals surface area contributed by atoms with Crippen LogP contribution in [0, 0.1) is 6.92 Å². The van der Waals surface area contributed by atoms with E-state index in [-0.39, 0.29) is 12.6 Å². The number of ether oxygens (including phenoxy) is 2. The van der Waals surface area contributed by atoms with Gasteiger partial charge in [0.25, 0.3) is 0 Å². The number of thiophene rings is 1. The van der Waals surface area contributed by atoms with Crippen LogP contribution in [-0.4, -0.2) is 48.9 Å². The van der Waals surface area contributed by atoms with E-state index in [9.17, 15) is 13.2 Å². The van der Waals surface area contributed by atoms with Gasteiger partial charge >= 0.3 is 6.18 Å². The van der Waals surface area contributed by atoms with E-state index in [4.69, 9.17) is 9.47 Å². The van der Waals surface area contributed by atoms with Gasteiger partial charge in [0.2, 0.25) is 5.88 Å². The minimum absolute atomic E-state index is 0.0363. The average Bonchev–Trinajstić information content (AvgIpc) is 3.32. The van der Waals surface area contributed by atoms with Crippen LogP contribution in [0.25, 0.3) is 21.3 Å². The van der Waals surface area contributed by atoms with E-state index >= 15 is 0 Å². The fraction of sp³-hybridized carbons (Fsp3) is 0.333. The molecule has 4 aromatic rings. The largest absolute Gasteiger partial charge is 0.496 e. The van der Waals surface area contributed by atoms with Gasteiger partial charge in [-0.25, -0.2) is 4.98 Å². The highest BCUT2D eigenvalue weighted by Crippen LogP contribution is 2.38. The molecule has 2 aromatic heterocycles. The Morgan fingerprint density at radius 1 is 1.05 bits per heavy atom. The highest BCUT2D eigenvalue weighted by molar-refractivity contribution is 7.15. The summed E-state index contributed by atoms with van der Waals surface area (Å²) in [5, 5.41) is 4.22. The number of nitrogens with zero attached hydrogens (tertiary/aromatic N) is 3. The molecular formula is C27H29F3N4O2S. The summed E-state index contributed by atoms with van der Waals surface area (Å²) < 4.78 is 49.5. The van der Waals surface area contributed by atoms with Crippen LogP contribution in [0.3, 0.4) is 0 Å². The Bertz CT molecular complexity index is 1390. The van der Waals surface area contributed by atoms with Crippen molar-refractivity contribution in [3.05, 3.63) is 64.8 Å². The zero-order chi connectivity index (χ0) is 26.7. The fourth-order valence-corrected chi connectivity index (χ4v) is 5.37. The number of halogens is 3. The Hall–Kier alpha value is -3.37. The molecule has 2 heterocycles. The Balaban J connectivity index is 1.57. The molecule has 0 amide bonds. The van der Waals surface area contributed by atoms with Crippen LogP contribution in [0.5, 0.6) is 11.6 Å². The third-order valence-corrected chi connectivity index (χ3v) is 7.16. The number of aromatic nitrogens is 2. The number of methoxy groups -OCH3 is 2. The lowest BCUT2D eigenvalue weighted by Crippen LogP contribution is -2.30. The molecule has 0 spiro atoms. The van der Waals surface area contributed by atoms with Gasteiger partial charge in [-0.05, 0) is 50.2 Å². The topological polar surface area (TPSA) is 59.5 Å². The van der Waals surface area contributed by atoms with Gasteiger partial charge in [-0.15, -0.1) is 11.3 Å². The third-order valence-electron chi connectivity index (χ3n) is 5.86. The molecule has 6 nitrogen and oxygen atoms in total. The number of fused-ring (bicyclic) bond motifs is 1. The summed E-state index contributed by atoms with van der Waals surface area (Å²) in [6, 6.07) is 15.4. The molecule has 0 radical (unpaired) electrons. The number of hydrogen-bond donors (Lipinski definition) is 1. The zero-order valence-electron chi connectivity index (χ0n) is 21.3. The van der Waals surface area contributed by atoms with Crippen molar-refractivity contribution < 1.29 is 22.6 Å². The van der Waals surface area contributed by atoms with E-state index in [1.807, 2.05) is 55.5 Å². The van der Waals surface area contributed by atoms with Crippen LogP contribution in [0.4, 0.5) is 18.9 Å². The Morgan fingerprint density at radius 3 is 2.51 bits per heavy atom. The molecule has 0 saturated carbocycles. The van der Waals surface area contributed by atoms with Gasteiger partial charge in [0.05, 0.1) is 32.3 Å². The molecule has 0 bridgehead atoms. The van der Waals surface area contributed by atoms with Gasteiger partial charge in [-0.1, -0.05) is 24.3 Å². The molecule has 37 heavy (non-hydrogen) atoms. The summed E-state index contributed by atoms with van der Waals surface area (Å²) in [5.41, 5.74) is 3.33. The number of rotatable bonds is 9. The van der Waals surface area contributed by atoms with E-state index in [0.29, 0.717) is 28.4 Å². The predicted molar refractivity (Wildman–Crippen MR) is 142 cm³/mol. The van der Waals surface area contributed by atoms with Crippen molar-refractivity contribution in [3.63, 3.8) is 0 Å². The van der Waals surface area contributed by atoms with Gasteiger partial charge in [0, 0.05) is 28.1 Å². The lowest BCUT2D eigenvalue weighted by Gasteiger charge is -2.20. The summed E-state index contributed by atoms with van der Waals surface area (Å²) in [6.45, 7) is 3.12. The lowest BCUT2D eigenvalue weighted by molar-refractivity contribution is -0.144. The zero-order valence-corrected chi connectivity index (χ0v) is 22.1. The first-order valence-electron chi connectivity index (χ1n) is 11.7.